The van der Waals surface area contributed by atoms with E-state index < -0.39 is 17.7 Å². The zero-order valence-corrected chi connectivity index (χ0v) is 8.79. The second kappa shape index (κ2) is 4.58. The van der Waals surface area contributed by atoms with Crippen LogP contribution in [0.5, 0.6) is 0 Å². The van der Waals surface area contributed by atoms with E-state index in [2.05, 4.69) is 0 Å². The van der Waals surface area contributed by atoms with Crippen LogP contribution in [-0.2, 0) is 0 Å². The van der Waals surface area contributed by atoms with Crippen molar-refractivity contribution < 1.29 is 8.78 Å². The third-order valence-electron chi connectivity index (χ3n) is 2.88. The van der Waals surface area contributed by atoms with Crippen LogP contribution >= 0.6 is 0 Å². The van der Waals surface area contributed by atoms with E-state index in [0.29, 0.717) is 0 Å². The molecule has 0 N–H and O–H groups in total. The highest BCUT2D eigenvalue weighted by Gasteiger charge is 2.25. The Labute approximate surface area is 93.1 Å². The highest BCUT2D eigenvalue weighted by atomic mass is 19.1. The van der Waals surface area contributed by atoms with Crippen LogP contribution in [0.3, 0.4) is 0 Å². The highest BCUT2D eigenvalue weighted by molar-refractivity contribution is 5.27. The number of likely N-dealkylation sites (tertiary alicyclic amines) is 1. The first kappa shape index (κ1) is 11.0. The molecule has 0 bridgehead atoms. The summed E-state index contributed by atoms with van der Waals surface area (Å²) in [6.45, 7) is 1.54. The average Bonchev–Trinajstić information content (AvgIpc) is 2.78. The van der Waals surface area contributed by atoms with Gasteiger partial charge in [-0.2, -0.15) is 5.26 Å². The molecule has 1 aromatic carbocycles. The first-order valence-electron chi connectivity index (χ1n) is 5.31. The van der Waals surface area contributed by atoms with Gasteiger partial charge >= 0.3 is 0 Å². The third-order valence-corrected chi connectivity index (χ3v) is 2.88. The van der Waals surface area contributed by atoms with Gasteiger partial charge in [-0.25, -0.2) is 8.78 Å². The number of rotatable bonds is 2. The number of benzene rings is 1. The average molecular weight is 222 g/mol. The zero-order valence-electron chi connectivity index (χ0n) is 8.79. The second-order valence-electron chi connectivity index (χ2n) is 3.94. The van der Waals surface area contributed by atoms with Gasteiger partial charge in [-0.1, -0.05) is 0 Å². The first-order chi connectivity index (χ1) is 7.72. The molecule has 0 amide bonds. The number of hydrogen-bond donors (Lipinski definition) is 0. The fraction of sp³-hybridized carbons (Fsp3) is 0.417. The molecule has 1 saturated heterocycles. The first-order valence-corrected chi connectivity index (χ1v) is 5.31. The standard InChI is InChI=1S/C12H12F2N2/c13-9-3-4-11(14)10(7-9)12(8-15)16-5-1-2-6-16/h3-4,7,12H,1-2,5-6H2. The fourth-order valence-corrected chi connectivity index (χ4v) is 2.07. The van der Waals surface area contributed by atoms with Crippen LogP contribution in [0.2, 0.25) is 0 Å². The number of hydrogen-bond acceptors (Lipinski definition) is 2. The Morgan fingerprint density at radius 1 is 1.25 bits per heavy atom. The molecule has 0 radical (unpaired) electrons. The van der Waals surface area contributed by atoms with E-state index in [9.17, 15) is 8.78 Å². The molecule has 16 heavy (non-hydrogen) atoms. The van der Waals surface area contributed by atoms with Crippen molar-refractivity contribution in [3.8, 4) is 6.07 Å². The molecule has 0 saturated carbocycles. The Hall–Kier alpha value is -1.47. The van der Waals surface area contributed by atoms with E-state index in [0.717, 1.165) is 44.1 Å². The van der Waals surface area contributed by atoms with Crippen molar-refractivity contribution in [1.29, 1.82) is 5.26 Å². The van der Waals surface area contributed by atoms with Crippen molar-refractivity contribution >= 4 is 0 Å². The SMILES string of the molecule is N#CC(c1cc(F)ccc1F)N1CCCC1. The molecule has 0 aliphatic carbocycles. The molecule has 1 aliphatic rings. The van der Waals surface area contributed by atoms with Crippen LogP contribution in [-0.4, -0.2) is 18.0 Å². The van der Waals surface area contributed by atoms with Gasteiger partial charge in [-0.3, -0.25) is 4.90 Å². The molecule has 1 heterocycles. The van der Waals surface area contributed by atoms with E-state index in [4.69, 9.17) is 5.26 Å². The van der Waals surface area contributed by atoms with Crippen LogP contribution < -0.4 is 0 Å². The van der Waals surface area contributed by atoms with Gasteiger partial charge in [0.2, 0.25) is 0 Å². The molecular formula is C12H12F2N2. The van der Waals surface area contributed by atoms with Crippen LogP contribution in [0.15, 0.2) is 18.2 Å². The Morgan fingerprint density at radius 2 is 1.94 bits per heavy atom. The van der Waals surface area contributed by atoms with Crippen molar-refractivity contribution in [2.24, 2.45) is 0 Å². The van der Waals surface area contributed by atoms with Crippen LogP contribution in [0, 0.1) is 23.0 Å². The molecule has 1 atom stereocenters. The Morgan fingerprint density at radius 3 is 2.56 bits per heavy atom. The number of nitriles is 1. The van der Waals surface area contributed by atoms with Gasteiger partial charge in [0, 0.05) is 5.56 Å². The van der Waals surface area contributed by atoms with E-state index in [1.807, 2.05) is 11.0 Å². The summed E-state index contributed by atoms with van der Waals surface area (Å²) in [4.78, 5) is 1.89. The highest BCUT2D eigenvalue weighted by Crippen LogP contribution is 2.26. The normalized spacial score (nSPS) is 18.3. The minimum Gasteiger partial charge on any atom is -0.284 e. The fourth-order valence-electron chi connectivity index (χ4n) is 2.07. The van der Waals surface area contributed by atoms with E-state index in [-0.39, 0.29) is 5.56 Å². The minimum absolute atomic E-state index is 0.143. The molecule has 1 unspecified atom stereocenters. The molecule has 84 valence electrons. The van der Waals surface area contributed by atoms with Gasteiger partial charge in [-0.15, -0.1) is 0 Å². The van der Waals surface area contributed by atoms with Crippen LogP contribution in [0.25, 0.3) is 0 Å². The summed E-state index contributed by atoms with van der Waals surface area (Å²) in [5.41, 5.74) is 0.143. The maximum absolute atomic E-state index is 13.5. The smallest absolute Gasteiger partial charge is 0.129 e. The minimum atomic E-state index is -0.668. The summed E-state index contributed by atoms with van der Waals surface area (Å²) in [5, 5.41) is 9.07. The molecule has 0 spiro atoms. The summed E-state index contributed by atoms with van der Waals surface area (Å²) in [6.07, 6.45) is 2.02. The van der Waals surface area contributed by atoms with Gasteiger partial charge in [-0.05, 0) is 44.1 Å². The summed E-state index contributed by atoms with van der Waals surface area (Å²) in [6, 6.07) is 4.63. The van der Waals surface area contributed by atoms with Gasteiger partial charge in [0.15, 0.2) is 0 Å². The van der Waals surface area contributed by atoms with E-state index >= 15 is 0 Å². The topological polar surface area (TPSA) is 27.0 Å². The van der Waals surface area contributed by atoms with Crippen LogP contribution in [0.1, 0.15) is 24.4 Å². The summed E-state index contributed by atoms with van der Waals surface area (Å²) in [5.74, 6) is -1.02. The van der Waals surface area contributed by atoms with Crippen molar-refractivity contribution in [2.75, 3.05) is 13.1 Å². The quantitative estimate of drug-likeness (QED) is 0.769. The maximum Gasteiger partial charge on any atom is 0.129 e. The monoisotopic (exact) mass is 222 g/mol. The number of halogens is 2. The maximum atomic E-state index is 13.5. The van der Waals surface area contributed by atoms with Crippen molar-refractivity contribution in [3.63, 3.8) is 0 Å². The summed E-state index contributed by atoms with van der Waals surface area (Å²) < 4.78 is 26.6. The predicted molar refractivity (Wildman–Crippen MR) is 55.5 cm³/mol. The lowest BCUT2D eigenvalue weighted by molar-refractivity contribution is 0.288. The Kier molecular flexibility index (Phi) is 3.16. The zero-order chi connectivity index (χ0) is 11.5. The van der Waals surface area contributed by atoms with Gasteiger partial charge in [0.05, 0.1) is 6.07 Å². The third kappa shape index (κ3) is 2.05. The van der Waals surface area contributed by atoms with E-state index in [1.54, 1.807) is 0 Å². The Bertz CT molecular complexity index is 420. The molecule has 2 rings (SSSR count). The van der Waals surface area contributed by atoms with Gasteiger partial charge in [0.25, 0.3) is 0 Å². The van der Waals surface area contributed by atoms with Crippen LogP contribution in [0.4, 0.5) is 8.78 Å². The van der Waals surface area contributed by atoms with E-state index in [1.165, 1.54) is 0 Å². The Balaban J connectivity index is 2.32. The summed E-state index contributed by atoms with van der Waals surface area (Å²) >= 11 is 0. The second-order valence-corrected chi connectivity index (χ2v) is 3.94. The molecule has 2 nitrogen and oxygen atoms in total. The molecule has 1 fully saturated rings. The molecule has 0 aromatic heterocycles. The lowest BCUT2D eigenvalue weighted by Gasteiger charge is -2.21. The lowest BCUT2D eigenvalue weighted by atomic mass is 10.1. The van der Waals surface area contributed by atoms with Gasteiger partial charge < -0.3 is 0 Å². The summed E-state index contributed by atoms with van der Waals surface area (Å²) in [7, 11) is 0. The van der Waals surface area contributed by atoms with Crippen molar-refractivity contribution in [1.82, 2.24) is 4.90 Å². The molecule has 1 aromatic rings. The van der Waals surface area contributed by atoms with Crippen molar-refractivity contribution in [3.05, 3.63) is 35.4 Å². The lowest BCUT2D eigenvalue weighted by Crippen LogP contribution is -2.25. The molecular weight excluding hydrogens is 210 g/mol. The molecule has 1 aliphatic heterocycles. The largest absolute Gasteiger partial charge is 0.284 e. The van der Waals surface area contributed by atoms with Crippen molar-refractivity contribution in [2.45, 2.75) is 18.9 Å². The predicted octanol–water partition coefficient (Wildman–Crippen LogP) is 2.63. The van der Waals surface area contributed by atoms with Gasteiger partial charge in [0.1, 0.15) is 17.7 Å². The molecule has 4 heteroatoms. The number of nitrogens with zero attached hydrogens (tertiary/aromatic N) is 2.